The third kappa shape index (κ3) is 5.43. The van der Waals surface area contributed by atoms with Crippen molar-refractivity contribution in [2.45, 2.75) is 18.6 Å². The summed E-state index contributed by atoms with van der Waals surface area (Å²) in [4.78, 5) is 24.6. The highest BCUT2D eigenvalue weighted by Gasteiger charge is 2.10. The van der Waals surface area contributed by atoms with Crippen molar-refractivity contribution in [1.82, 2.24) is 20.1 Å². The number of rotatable bonds is 7. The lowest BCUT2D eigenvalue weighted by molar-refractivity contribution is -0.113. The van der Waals surface area contributed by atoms with Crippen molar-refractivity contribution >= 4 is 29.3 Å². The second-order valence-electron chi connectivity index (χ2n) is 6.31. The molecule has 3 rings (SSSR count). The van der Waals surface area contributed by atoms with E-state index in [0.29, 0.717) is 23.0 Å². The van der Waals surface area contributed by atoms with E-state index < -0.39 is 0 Å². The van der Waals surface area contributed by atoms with Gasteiger partial charge in [-0.3, -0.25) is 9.59 Å². The highest BCUT2D eigenvalue weighted by molar-refractivity contribution is 7.99. The lowest BCUT2D eigenvalue weighted by atomic mass is 10.1. The Morgan fingerprint density at radius 3 is 2.71 bits per heavy atom. The van der Waals surface area contributed by atoms with Gasteiger partial charge in [-0.05, 0) is 30.7 Å². The van der Waals surface area contributed by atoms with E-state index in [-0.39, 0.29) is 17.6 Å². The molecule has 0 bridgehead atoms. The van der Waals surface area contributed by atoms with Crippen LogP contribution in [0.15, 0.2) is 60.0 Å². The summed E-state index contributed by atoms with van der Waals surface area (Å²) >= 11 is 1.30. The Labute approximate surface area is 167 Å². The largest absolute Gasteiger partial charge is 0.348 e. The van der Waals surface area contributed by atoms with Gasteiger partial charge in [-0.15, -0.1) is 10.2 Å². The summed E-state index contributed by atoms with van der Waals surface area (Å²) in [6.45, 7) is 2.46. The Balaban J connectivity index is 1.54. The average molecular weight is 395 g/mol. The zero-order valence-corrected chi connectivity index (χ0v) is 16.5. The van der Waals surface area contributed by atoms with Crippen LogP contribution in [-0.2, 0) is 18.4 Å². The first-order chi connectivity index (χ1) is 13.5. The fourth-order valence-corrected chi connectivity index (χ4v) is 3.26. The number of hydrogen-bond acceptors (Lipinski definition) is 5. The minimum Gasteiger partial charge on any atom is -0.348 e. The van der Waals surface area contributed by atoms with Crippen LogP contribution in [0.2, 0.25) is 0 Å². The molecule has 0 aliphatic heterocycles. The fraction of sp³-hybridized carbons (Fsp3) is 0.200. The molecular formula is C20H21N5O2S. The van der Waals surface area contributed by atoms with Gasteiger partial charge in [0.2, 0.25) is 5.91 Å². The smallest absolute Gasteiger partial charge is 0.251 e. The van der Waals surface area contributed by atoms with E-state index in [2.05, 4.69) is 20.8 Å². The van der Waals surface area contributed by atoms with Gasteiger partial charge < -0.3 is 15.2 Å². The van der Waals surface area contributed by atoms with Crippen molar-refractivity contribution < 1.29 is 9.59 Å². The van der Waals surface area contributed by atoms with Gasteiger partial charge >= 0.3 is 0 Å². The van der Waals surface area contributed by atoms with Gasteiger partial charge in [-0.25, -0.2) is 0 Å². The van der Waals surface area contributed by atoms with Crippen molar-refractivity contribution in [3.05, 3.63) is 71.5 Å². The minimum atomic E-state index is -0.189. The van der Waals surface area contributed by atoms with Crippen LogP contribution in [0.4, 0.5) is 5.69 Å². The standard InChI is InChI=1S/C20H21N5O2S/c1-14-5-3-6-15(9-14)11-21-19(27)16-7-4-8-17(10-16)23-18(26)12-28-20-24-22-13-25(20)2/h3-10,13H,11-12H2,1-2H3,(H,21,27)(H,23,26). The van der Waals surface area contributed by atoms with Gasteiger partial charge in [0.1, 0.15) is 6.33 Å². The number of aromatic nitrogens is 3. The Hall–Kier alpha value is -3.13. The van der Waals surface area contributed by atoms with E-state index in [1.54, 1.807) is 35.2 Å². The Kier molecular flexibility index (Phi) is 6.44. The van der Waals surface area contributed by atoms with Crippen molar-refractivity contribution in [2.24, 2.45) is 7.05 Å². The summed E-state index contributed by atoms with van der Waals surface area (Å²) in [6, 6.07) is 14.9. The Morgan fingerprint density at radius 1 is 1.14 bits per heavy atom. The molecule has 7 nitrogen and oxygen atoms in total. The molecule has 0 spiro atoms. The first-order valence-electron chi connectivity index (χ1n) is 8.72. The van der Waals surface area contributed by atoms with Crippen molar-refractivity contribution in [1.29, 1.82) is 0 Å². The van der Waals surface area contributed by atoms with Crippen molar-refractivity contribution in [3.63, 3.8) is 0 Å². The van der Waals surface area contributed by atoms with Crippen molar-refractivity contribution in [3.8, 4) is 0 Å². The first kappa shape index (κ1) is 19.6. The maximum Gasteiger partial charge on any atom is 0.251 e. The molecule has 0 unspecified atom stereocenters. The molecule has 28 heavy (non-hydrogen) atoms. The molecule has 8 heteroatoms. The van der Waals surface area contributed by atoms with E-state index in [1.807, 2.05) is 38.2 Å². The van der Waals surface area contributed by atoms with Crippen LogP contribution in [0.1, 0.15) is 21.5 Å². The van der Waals surface area contributed by atoms with Gasteiger partial charge in [-0.2, -0.15) is 0 Å². The van der Waals surface area contributed by atoms with Gasteiger partial charge in [0.15, 0.2) is 5.16 Å². The third-order valence-corrected chi connectivity index (χ3v) is 4.98. The predicted molar refractivity (Wildman–Crippen MR) is 109 cm³/mol. The minimum absolute atomic E-state index is 0.176. The molecule has 0 saturated heterocycles. The van der Waals surface area contributed by atoms with E-state index in [0.717, 1.165) is 11.1 Å². The number of carbonyl (C=O) groups excluding carboxylic acids is 2. The van der Waals surface area contributed by atoms with E-state index in [4.69, 9.17) is 0 Å². The summed E-state index contributed by atoms with van der Waals surface area (Å²) < 4.78 is 1.75. The lowest BCUT2D eigenvalue weighted by Crippen LogP contribution is -2.23. The molecule has 0 radical (unpaired) electrons. The Morgan fingerprint density at radius 2 is 1.96 bits per heavy atom. The first-order valence-corrected chi connectivity index (χ1v) is 9.70. The average Bonchev–Trinajstić information content (AvgIpc) is 3.09. The Bertz CT molecular complexity index is 986. The zero-order valence-electron chi connectivity index (χ0n) is 15.7. The molecule has 2 aromatic carbocycles. The summed E-state index contributed by atoms with van der Waals surface area (Å²) in [5, 5.41) is 14.1. The number of nitrogens with zero attached hydrogens (tertiary/aromatic N) is 3. The number of aryl methyl sites for hydroxylation is 2. The van der Waals surface area contributed by atoms with Gasteiger partial charge in [0.05, 0.1) is 5.75 Å². The monoisotopic (exact) mass is 395 g/mol. The van der Waals surface area contributed by atoms with Crippen LogP contribution in [0, 0.1) is 6.92 Å². The molecule has 2 amide bonds. The second-order valence-corrected chi connectivity index (χ2v) is 7.26. The van der Waals surface area contributed by atoms with Crippen LogP contribution in [0.5, 0.6) is 0 Å². The summed E-state index contributed by atoms with van der Waals surface area (Å²) in [7, 11) is 1.82. The SMILES string of the molecule is Cc1cccc(CNC(=O)c2cccc(NC(=O)CSc3nncn3C)c2)c1. The maximum atomic E-state index is 12.4. The molecule has 0 aliphatic carbocycles. The van der Waals surface area contributed by atoms with Crippen molar-refractivity contribution in [2.75, 3.05) is 11.1 Å². The maximum absolute atomic E-state index is 12.4. The van der Waals surface area contributed by atoms with Gasteiger partial charge in [-0.1, -0.05) is 47.7 Å². The van der Waals surface area contributed by atoms with E-state index in [1.165, 1.54) is 11.8 Å². The molecule has 144 valence electrons. The number of anilines is 1. The van der Waals surface area contributed by atoms with Crippen LogP contribution in [-0.4, -0.2) is 32.3 Å². The topological polar surface area (TPSA) is 88.9 Å². The molecule has 1 heterocycles. The highest BCUT2D eigenvalue weighted by atomic mass is 32.2. The second kappa shape index (κ2) is 9.18. The normalized spacial score (nSPS) is 10.5. The zero-order chi connectivity index (χ0) is 19.9. The third-order valence-electron chi connectivity index (χ3n) is 3.95. The summed E-state index contributed by atoms with van der Waals surface area (Å²) in [5.74, 6) is -0.160. The van der Waals surface area contributed by atoms with E-state index in [9.17, 15) is 9.59 Å². The van der Waals surface area contributed by atoms with Crippen LogP contribution in [0.25, 0.3) is 0 Å². The molecule has 0 saturated carbocycles. The van der Waals surface area contributed by atoms with Gasteiger partial charge in [0.25, 0.3) is 5.91 Å². The lowest BCUT2D eigenvalue weighted by Gasteiger charge is -2.09. The summed E-state index contributed by atoms with van der Waals surface area (Å²) in [5.41, 5.74) is 3.26. The molecule has 0 atom stereocenters. The molecule has 0 aliphatic rings. The molecule has 3 aromatic rings. The number of thioether (sulfide) groups is 1. The predicted octanol–water partition coefficient (Wildman–Crippen LogP) is 2.78. The number of nitrogens with one attached hydrogen (secondary N) is 2. The van der Waals surface area contributed by atoms with E-state index >= 15 is 0 Å². The van der Waals surface area contributed by atoms with Crippen LogP contribution < -0.4 is 10.6 Å². The quantitative estimate of drug-likeness (QED) is 0.601. The molecule has 1 aromatic heterocycles. The van der Waals surface area contributed by atoms with Gasteiger partial charge in [0, 0.05) is 24.8 Å². The van der Waals surface area contributed by atoms with Crippen LogP contribution in [0.3, 0.4) is 0 Å². The number of benzene rings is 2. The summed E-state index contributed by atoms with van der Waals surface area (Å²) in [6.07, 6.45) is 1.58. The molecule has 2 N–H and O–H groups in total. The fourth-order valence-electron chi connectivity index (χ4n) is 2.58. The number of amides is 2. The van der Waals surface area contributed by atoms with Crippen LogP contribution >= 0.6 is 11.8 Å². The highest BCUT2D eigenvalue weighted by Crippen LogP contribution is 2.15. The molecular weight excluding hydrogens is 374 g/mol. The molecule has 0 fully saturated rings. The number of carbonyl (C=O) groups is 2. The number of hydrogen-bond donors (Lipinski definition) is 2.